The average Bonchev–Trinajstić information content (AvgIpc) is 2.99. The molecule has 2 amide bonds. The van der Waals surface area contributed by atoms with E-state index in [9.17, 15) is 9.59 Å². The normalized spacial score (nSPS) is 19.6. The number of carbonyl (C=O) groups excluding carboxylic acids is 2. The van der Waals surface area contributed by atoms with Gasteiger partial charge in [-0.05, 0) is 50.3 Å². The van der Waals surface area contributed by atoms with Crippen LogP contribution < -0.4 is 9.64 Å². The molecule has 1 atom stereocenters. The summed E-state index contributed by atoms with van der Waals surface area (Å²) in [4.78, 5) is 30.7. The Labute approximate surface area is 177 Å². The predicted molar refractivity (Wildman–Crippen MR) is 118 cm³/mol. The molecule has 0 radical (unpaired) electrons. The molecule has 2 heterocycles. The summed E-state index contributed by atoms with van der Waals surface area (Å²) in [6, 6.07) is 15.1. The highest BCUT2D eigenvalue weighted by Crippen LogP contribution is 2.39. The van der Waals surface area contributed by atoms with Crippen molar-refractivity contribution in [2.75, 3.05) is 24.6 Å². The summed E-state index contributed by atoms with van der Waals surface area (Å²) in [5.74, 6) is 0.470. The lowest BCUT2D eigenvalue weighted by atomic mass is 9.97. The Morgan fingerprint density at radius 3 is 2.47 bits per heavy atom. The molecule has 2 aromatic carbocycles. The Hall–Kier alpha value is -3.08. The van der Waals surface area contributed by atoms with E-state index in [2.05, 4.69) is 11.8 Å². The summed E-state index contributed by atoms with van der Waals surface area (Å²) >= 11 is 0. The number of imide groups is 1. The number of anilines is 1. The highest BCUT2D eigenvalue weighted by molar-refractivity contribution is 6.45. The summed E-state index contributed by atoms with van der Waals surface area (Å²) < 4.78 is 5.72. The fourth-order valence-electron chi connectivity index (χ4n) is 4.32. The molecule has 2 aliphatic rings. The first-order valence-corrected chi connectivity index (χ1v) is 10.7. The number of ether oxygens (including phenoxy) is 1. The molecule has 1 unspecified atom stereocenters. The lowest BCUT2D eigenvalue weighted by molar-refractivity contribution is -0.120. The van der Waals surface area contributed by atoms with Crippen molar-refractivity contribution in [1.82, 2.24) is 4.90 Å². The molecule has 156 valence electrons. The smallest absolute Gasteiger partial charge is 0.282 e. The van der Waals surface area contributed by atoms with Gasteiger partial charge in [0.15, 0.2) is 0 Å². The molecule has 5 nitrogen and oxygen atoms in total. The molecule has 0 N–H and O–H groups in total. The lowest BCUT2D eigenvalue weighted by Crippen LogP contribution is -2.39. The zero-order valence-corrected chi connectivity index (χ0v) is 17.9. The third-order valence-electron chi connectivity index (χ3n) is 5.78. The van der Waals surface area contributed by atoms with Gasteiger partial charge in [-0.15, -0.1) is 0 Å². The highest BCUT2D eigenvalue weighted by Gasteiger charge is 2.44. The van der Waals surface area contributed by atoms with Crippen LogP contribution in [0.25, 0.3) is 5.57 Å². The Morgan fingerprint density at radius 2 is 1.77 bits per heavy atom. The second-order valence-electron chi connectivity index (χ2n) is 8.13. The van der Waals surface area contributed by atoms with Gasteiger partial charge in [-0.3, -0.25) is 9.59 Å². The minimum Gasteiger partial charge on any atom is -0.492 e. The predicted octanol–water partition coefficient (Wildman–Crippen LogP) is 4.41. The van der Waals surface area contributed by atoms with Gasteiger partial charge in [0.25, 0.3) is 11.8 Å². The maximum Gasteiger partial charge on any atom is 0.282 e. The molecule has 5 heteroatoms. The summed E-state index contributed by atoms with van der Waals surface area (Å²) in [6.45, 7) is 8.13. The SMILES string of the molecule is CCOc1ccccc1N1C(=O)C(c2ccc(C)cc2)=C(N2CCCC(C)C2)C1=O. The Balaban J connectivity index is 1.83. The first-order valence-electron chi connectivity index (χ1n) is 10.7. The van der Waals surface area contributed by atoms with Gasteiger partial charge in [0.2, 0.25) is 0 Å². The molecular formula is C25H28N2O3. The van der Waals surface area contributed by atoms with Gasteiger partial charge in [0.1, 0.15) is 11.4 Å². The average molecular weight is 405 g/mol. The van der Waals surface area contributed by atoms with E-state index in [-0.39, 0.29) is 11.8 Å². The Morgan fingerprint density at radius 1 is 1.03 bits per heavy atom. The van der Waals surface area contributed by atoms with Crippen molar-refractivity contribution >= 4 is 23.1 Å². The fraction of sp³-hybridized carbons (Fsp3) is 0.360. The monoisotopic (exact) mass is 404 g/mol. The zero-order chi connectivity index (χ0) is 21.3. The van der Waals surface area contributed by atoms with Crippen LogP contribution in [-0.4, -0.2) is 36.4 Å². The molecule has 1 saturated heterocycles. The summed E-state index contributed by atoms with van der Waals surface area (Å²) in [7, 11) is 0. The van der Waals surface area contributed by atoms with Crippen LogP contribution in [0.4, 0.5) is 5.69 Å². The van der Waals surface area contributed by atoms with E-state index in [1.165, 1.54) is 4.90 Å². The van der Waals surface area contributed by atoms with E-state index in [1.54, 1.807) is 12.1 Å². The number of benzene rings is 2. The number of hydrogen-bond acceptors (Lipinski definition) is 4. The Kier molecular flexibility index (Phi) is 5.62. The summed E-state index contributed by atoms with van der Waals surface area (Å²) in [5.41, 5.74) is 3.40. The van der Waals surface area contributed by atoms with Crippen LogP contribution in [0.5, 0.6) is 5.75 Å². The second-order valence-corrected chi connectivity index (χ2v) is 8.13. The van der Waals surface area contributed by atoms with Crippen molar-refractivity contribution in [3.63, 3.8) is 0 Å². The number of hydrogen-bond donors (Lipinski definition) is 0. The number of aryl methyl sites for hydroxylation is 1. The molecule has 0 bridgehead atoms. The quantitative estimate of drug-likeness (QED) is 0.693. The fourth-order valence-corrected chi connectivity index (χ4v) is 4.32. The van der Waals surface area contributed by atoms with Gasteiger partial charge in [0, 0.05) is 13.1 Å². The number of likely N-dealkylation sites (tertiary alicyclic amines) is 1. The molecule has 0 aromatic heterocycles. The van der Waals surface area contributed by atoms with Crippen LogP contribution in [0.1, 0.15) is 37.8 Å². The van der Waals surface area contributed by atoms with E-state index in [4.69, 9.17) is 4.74 Å². The standard InChI is InChI=1S/C25H28N2O3/c1-4-30-21-10-6-5-9-20(21)27-24(28)22(19-13-11-17(2)12-14-19)23(25(27)29)26-15-7-8-18(3)16-26/h5-6,9-14,18H,4,7-8,15-16H2,1-3H3. The number of nitrogens with zero attached hydrogens (tertiary/aromatic N) is 2. The Bertz CT molecular complexity index is 994. The van der Waals surface area contributed by atoms with Gasteiger partial charge in [-0.25, -0.2) is 4.90 Å². The second kappa shape index (κ2) is 8.34. The van der Waals surface area contributed by atoms with Crippen molar-refractivity contribution in [2.45, 2.75) is 33.6 Å². The number of carbonyl (C=O) groups is 2. The zero-order valence-electron chi connectivity index (χ0n) is 17.9. The van der Waals surface area contributed by atoms with Crippen LogP contribution >= 0.6 is 0 Å². The van der Waals surface area contributed by atoms with Crippen molar-refractivity contribution in [2.24, 2.45) is 5.92 Å². The molecular weight excluding hydrogens is 376 g/mol. The van der Waals surface area contributed by atoms with Crippen LogP contribution in [0, 0.1) is 12.8 Å². The first kappa shape index (κ1) is 20.2. The number of amides is 2. The number of para-hydroxylation sites is 2. The topological polar surface area (TPSA) is 49.9 Å². The van der Waals surface area contributed by atoms with E-state index in [0.29, 0.717) is 35.2 Å². The van der Waals surface area contributed by atoms with Crippen molar-refractivity contribution in [1.29, 1.82) is 0 Å². The minimum absolute atomic E-state index is 0.267. The van der Waals surface area contributed by atoms with Crippen LogP contribution in [-0.2, 0) is 9.59 Å². The van der Waals surface area contributed by atoms with Crippen LogP contribution in [0.3, 0.4) is 0 Å². The van der Waals surface area contributed by atoms with Gasteiger partial charge < -0.3 is 9.64 Å². The van der Waals surface area contributed by atoms with Crippen LogP contribution in [0.2, 0.25) is 0 Å². The molecule has 2 aliphatic heterocycles. The lowest BCUT2D eigenvalue weighted by Gasteiger charge is -2.33. The van der Waals surface area contributed by atoms with Crippen molar-refractivity contribution in [3.8, 4) is 5.75 Å². The van der Waals surface area contributed by atoms with E-state index < -0.39 is 0 Å². The molecule has 30 heavy (non-hydrogen) atoms. The third kappa shape index (κ3) is 3.60. The summed E-state index contributed by atoms with van der Waals surface area (Å²) in [6.07, 6.45) is 2.16. The van der Waals surface area contributed by atoms with Gasteiger partial charge >= 0.3 is 0 Å². The summed E-state index contributed by atoms with van der Waals surface area (Å²) in [5, 5.41) is 0. The molecule has 2 aromatic rings. The molecule has 0 spiro atoms. The van der Waals surface area contributed by atoms with Gasteiger partial charge in [-0.2, -0.15) is 0 Å². The van der Waals surface area contributed by atoms with Gasteiger partial charge in [0.05, 0.1) is 17.9 Å². The maximum absolute atomic E-state index is 13.7. The van der Waals surface area contributed by atoms with Gasteiger partial charge in [-0.1, -0.05) is 48.9 Å². The first-order chi connectivity index (χ1) is 14.5. The van der Waals surface area contributed by atoms with E-state index >= 15 is 0 Å². The van der Waals surface area contributed by atoms with E-state index in [0.717, 1.165) is 37.1 Å². The van der Waals surface area contributed by atoms with E-state index in [1.807, 2.05) is 50.2 Å². The van der Waals surface area contributed by atoms with Crippen molar-refractivity contribution < 1.29 is 14.3 Å². The van der Waals surface area contributed by atoms with Crippen LogP contribution in [0.15, 0.2) is 54.2 Å². The highest BCUT2D eigenvalue weighted by atomic mass is 16.5. The molecule has 4 rings (SSSR count). The molecule has 1 fully saturated rings. The molecule has 0 aliphatic carbocycles. The minimum atomic E-state index is -0.288. The third-order valence-corrected chi connectivity index (χ3v) is 5.78. The number of piperidine rings is 1. The van der Waals surface area contributed by atoms with Crippen molar-refractivity contribution in [3.05, 3.63) is 65.4 Å². The molecule has 0 saturated carbocycles. The number of rotatable bonds is 5. The largest absolute Gasteiger partial charge is 0.492 e. The maximum atomic E-state index is 13.7.